The van der Waals surface area contributed by atoms with Crippen LogP contribution in [-0.2, 0) is 59.2 Å². The summed E-state index contributed by atoms with van der Waals surface area (Å²) in [5.41, 5.74) is 0.441. The molecule has 0 spiro atoms. The highest BCUT2D eigenvalue weighted by Crippen LogP contribution is 2.24. The number of carboxylic acids is 3. The lowest BCUT2D eigenvalue weighted by Gasteiger charge is -2.34. The molecule has 2 aromatic carbocycles. The monoisotopic (exact) mass is 1020 g/mol. The number of benzene rings is 2. The number of ketones is 1. The maximum absolute atomic E-state index is 14.4. The molecule has 0 saturated heterocycles. The normalized spacial score (nSPS) is 14.4. The number of hydrogen-bond acceptors (Lipinski definition) is 11. The Labute approximate surface area is 413 Å². The van der Waals surface area contributed by atoms with E-state index < -0.39 is 163 Å². The molecule has 7 atom stereocenters. The van der Waals surface area contributed by atoms with E-state index in [2.05, 4.69) is 31.9 Å². The lowest BCUT2D eigenvalue weighted by atomic mass is 9.85. The molecule has 0 aromatic heterocycles. The fraction of sp³-hybridized carbons (Fsp3) is 0.521. The van der Waals surface area contributed by atoms with Crippen LogP contribution in [0.15, 0.2) is 54.6 Å². The molecule has 0 aliphatic carbocycles. The van der Waals surface area contributed by atoms with Crippen molar-refractivity contribution in [3.63, 3.8) is 0 Å². The van der Waals surface area contributed by atoms with E-state index in [0.29, 0.717) is 16.7 Å². The van der Waals surface area contributed by atoms with Gasteiger partial charge in [-0.2, -0.15) is 13.2 Å². The van der Waals surface area contributed by atoms with E-state index in [9.17, 15) is 76.1 Å². The number of alkyl halides is 3. The predicted molar refractivity (Wildman–Crippen MR) is 250 cm³/mol. The van der Waals surface area contributed by atoms with Gasteiger partial charge in [0, 0.05) is 19.3 Å². The summed E-state index contributed by atoms with van der Waals surface area (Å²) in [6.45, 7) is 11.0. The fourth-order valence-corrected chi connectivity index (χ4v) is 7.06. The van der Waals surface area contributed by atoms with Crippen molar-refractivity contribution in [2.45, 2.75) is 148 Å². The molecule has 7 amide bonds. The van der Waals surface area contributed by atoms with E-state index in [1.807, 2.05) is 5.32 Å². The predicted octanol–water partition coefficient (Wildman–Crippen LogP) is 2.14. The number of carbonyl (C=O) groups is 11. The van der Waals surface area contributed by atoms with E-state index in [0.717, 1.165) is 0 Å². The molecule has 0 heterocycles. The summed E-state index contributed by atoms with van der Waals surface area (Å²) in [6.07, 6.45) is -11.2. The summed E-state index contributed by atoms with van der Waals surface area (Å²) >= 11 is 0. The molecule has 10 N–H and O–H groups in total. The zero-order valence-corrected chi connectivity index (χ0v) is 40.9. The first-order valence-corrected chi connectivity index (χ1v) is 22.9. The number of amides is 7. The van der Waals surface area contributed by atoms with Crippen LogP contribution >= 0.6 is 0 Å². The van der Waals surface area contributed by atoms with Crippen molar-refractivity contribution in [1.82, 2.24) is 37.2 Å². The van der Waals surface area contributed by atoms with E-state index in [4.69, 9.17) is 5.11 Å². The van der Waals surface area contributed by atoms with Gasteiger partial charge in [-0.25, -0.2) is 0 Å². The minimum Gasteiger partial charge on any atom is -0.481 e. The van der Waals surface area contributed by atoms with E-state index in [1.54, 1.807) is 75.4 Å². The van der Waals surface area contributed by atoms with Crippen molar-refractivity contribution in [2.75, 3.05) is 0 Å². The third-order valence-corrected chi connectivity index (χ3v) is 10.9. The molecule has 0 aliphatic heterocycles. The number of carbonyl (C=O) groups excluding carboxylic acids is 8. The number of carboxylic acid groups (broad SMARTS) is 3. The highest BCUT2D eigenvalue weighted by atomic mass is 19.4. The quantitative estimate of drug-likeness (QED) is 0.0547. The Morgan fingerprint density at radius 2 is 1.07 bits per heavy atom. The first-order valence-electron chi connectivity index (χ1n) is 22.9. The zero-order chi connectivity index (χ0) is 54.7. The molecule has 21 nitrogen and oxygen atoms in total. The third kappa shape index (κ3) is 21.7. The Balaban J connectivity index is 2.50. The zero-order valence-electron chi connectivity index (χ0n) is 40.9. The van der Waals surface area contributed by atoms with Crippen LogP contribution in [0.5, 0.6) is 0 Å². The van der Waals surface area contributed by atoms with Crippen LogP contribution in [0, 0.1) is 18.3 Å². The molecule has 396 valence electrons. The standard InChI is InChI=1S/C48H64F3N7O14/c1-25(2)21-31(42(68)57-34(24-48(49,50)51)39(66)45(71)52-27(4)28-14-9-8-10-15-28)56-46(72)40(47(5,6)7)58-44(70)32(22-29-16-12-11-13-26(29)3)55-41(67)30(17-19-36(60)61)54-43(69)33(23-38(64)65)53-35(59)18-20-37(62)63/h8-16,25,27,30-34,40H,17-24H2,1-7H3,(H,52,71)(H,53,59)(H,54,69)(H,55,67)(H,56,72)(H,57,68)(H,58,70)(H,60,61)(H,62,63)(H,64,65)/t27-,30+,31+,32+,33+,34+,40-/m1/s1. The van der Waals surface area contributed by atoms with E-state index in [-0.39, 0.29) is 12.8 Å². The van der Waals surface area contributed by atoms with E-state index in [1.165, 1.54) is 27.7 Å². The Morgan fingerprint density at radius 3 is 1.61 bits per heavy atom. The molecular formula is C48H64F3N7O14. The number of aliphatic carboxylic acids is 3. The molecule has 0 fully saturated rings. The van der Waals surface area contributed by atoms with Gasteiger partial charge in [0.25, 0.3) is 5.91 Å². The maximum Gasteiger partial charge on any atom is 0.391 e. The molecule has 0 aliphatic rings. The first-order chi connectivity index (χ1) is 33.4. The molecule has 2 rings (SSSR count). The number of hydrogen-bond donors (Lipinski definition) is 10. The van der Waals surface area contributed by atoms with Crippen LogP contribution in [0.25, 0.3) is 0 Å². The van der Waals surface area contributed by atoms with Gasteiger partial charge >= 0.3 is 24.1 Å². The molecule has 24 heteroatoms. The largest absolute Gasteiger partial charge is 0.481 e. The van der Waals surface area contributed by atoms with Gasteiger partial charge in [-0.1, -0.05) is 89.2 Å². The molecule has 2 aromatic rings. The van der Waals surface area contributed by atoms with E-state index >= 15 is 0 Å². The van der Waals surface area contributed by atoms with Crippen molar-refractivity contribution in [1.29, 1.82) is 0 Å². The number of rotatable bonds is 28. The molecular weight excluding hydrogens is 956 g/mol. The Hall–Kier alpha value is -7.40. The average molecular weight is 1020 g/mol. The smallest absolute Gasteiger partial charge is 0.391 e. The number of nitrogens with one attached hydrogen (secondary N) is 7. The van der Waals surface area contributed by atoms with Gasteiger partial charge in [0.15, 0.2) is 0 Å². The van der Waals surface area contributed by atoms with Gasteiger partial charge in [-0.3, -0.25) is 52.7 Å². The second-order valence-electron chi connectivity index (χ2n) is 18.6. The third-order valence-electron chi connectivity index (χ3n) is 10.9. The summed E-state index contributed by atoms with van der Waals surface area (Å²) < 4.78 is 41.6. The molecule has 72 heavy (non-hydrogen) atoms. The van der Waals surface area contributed by atoms with Crippen molar-refractivity contribution in [2.24, 2.45) is 11.3 Å². The van der Waals surface area contributed by atoms with Crippen LogP contribution in [0.4, 0.5) is 13.2 Å². The molecule has 0 radical (unpaired) electrons. The topological polar surface area (TPSA) is 333 Å². The van der Waals surface area contributed by atoms with Crippen molar-refractivity contribution >= 4 is 65.0 Å². The summed E-state index contributed by atoms with van der Waals surface area (Å²) in [5.74, 6) is -14.6. The summed E-state index contributed by atoms with van der Waals surface area (Å²) in [7, 11) is 0. The molecule has 0 saturated carbocycles. The second kappa shape index (κ2) is 27.8. The summed E-state index contributed by atoms with van der Waals surface area (Å²) in [5, 5.41) is 43.9. The van der Waals surface area contributed by atoms with Gasteiger partial charge in [0.1, 0.15) is 36.3 Å². The van der Waals surface area contributed by atoms with Crippen LogP contribution in [0.2, 0.25) is 0 Å². The highest BCUT2D eigenvalue weighted by Gasteiger charge is 2.42. The van der Waals surface area contributed by atoms with Crippen molar-refractivity contribution in [3.8, 4) is 0 Å². The van der Waals surface area contributed by atoms with Crippen molar-refractivity contribution < 1.29 is 81.2 Å². The molecule has 0 bridgehead atoms. The Morgan fingerprint density at radius 1 is 0.556 bits per heavy atom. The van der Waals surface area contributed by atoms with Crippen LogP contribution in [-0.4, -0.2) is 123 Å². The first kappa shape index (κ1) is 60.7. The minimum absolute atomic E-state index is 0.207. The van der Waals surface area contributed by atoms with Crippen LogP contribution in [0.1, 0.15) is 109 Å². The Bertz CT molecular complexity index is 2290. The fourth-order valence-electron chi connectivity index (χ4n) is 7.06. The van der Waals surface area contributed by atoms with Crippen LogP contribution < -0.4 is 37.2 Å². The van der Waals surface area contributed by atoms with Crippen molar-refractivity contribution in [3.05, 3.63) is 71.3 Å². The number of halogens is 3. The summed E-state index contributed by atoms with van der Waals surface area (Å²) in [6, 6.07) is 3.09. The average Bonchev–Trinajstić information content (AvgIpc) is 3.27. The number of aryl methyl sites for hydroxylation is 1. The lowest BCUT2D eigenvalue weighted by Crippen LogP contribution is -2.62. The van der Waals surface area contributed by atoms with Gasteiger partial charge in [-0.05, 0) is 54.7 Å². The number of Topliss-reactive ketones (excluding diaryl/α,β-unsaturated/α-hetero) is 1. The highest BCUT2D eigenvalue weighted by molar-refractivity contribution is 6.38. The SMILES string of the molecule is Cc1ccccc1C[C@H](NC(=O)[C@H](CCC(=O)O)NC(=O)[C@H](CC(=O)O)NC(=O)CCC(=O)O)C(=O)N[C@H](C(=O)N[C@@H](CC(C)C)C(=O)N[C@@H](CC(F)(F)F)C(=O)C(=O)N[C@H](C)c1ccccc1)C(C)(C)C. The second-order valence-corrected chi connectivity index (χ2v) is 18.6. The maximum atomic E-state index is 14.4. The van der Waals surface area contributed by atoms with Gasteiger partial charge in [0.05, 0.1) is 25.3 Å². The van der Waals surface area contributed by atoms with Gasteiger partial charge < -0.3 is 52.5 Å². The minimum atomic E-state index is -5.05. The van der Waals surface area contributed by atoms with Gasteiger partial charge in [-0.15, -0.1) is 0 Å². The van der Waals surface area contributed by atoms with Gasteiger partial charge in [0.2, 0.25) is 41.2 Å². The Kier molecular flexibility index (Phi) is 23.5. The molecule has 0 unspecified atom stereocenters. The summed E-state index contributed by atoms with van der Waals surface area (Å²) in [4.78, 5) is 143. The van der Waals surface area contributed by atoms with Crippen LogP contribution in [0.3, 0.4) is 0 Å². The lowest BCUT2D eigenvalue weighted by molar-refractivity contribution is -0.154.